The van der Waals surface area contributed by atoms with Crippen molar-refractivity contribution in [2.45, 2.75) is 6.92 Å². The average Bonchev–Trinajstić information content (AvgIpc) is 1.69. The third-order valence-electron chi connectivity index (χ3n) is 0.435. The Bertz CT molecular complexity index is 119. The molecule has 0 saturated heterocycles. The van der Waals surface area contributed by atoms with Crippen LogP contribution in [-0.4, -0.2) is 0 Å². The highest BCUT2D eigenvalue weighted by atomic mass is 13.5. The van der Waals surface area contributed by atoms with E-state index in [0.717, 1.165) is 0 Å². The number of hydrogen-bond acceptors (Lipinski definition) is 0. The van der Waals surface area contributed by atoms with Crippen LogP contribution in [0, 0.1) is 11.8 Å². The first-order chi connectivity index (χ1) is 3.41. The third kappa shape index (κ3) is 5.04. The monoisotopic (exact) mass is 92.1 g/mol. The Morgan fingerprint density at radius 1 is 1.43 bits per heavy atom. The Hall–Kier alpha value is -0.960. The molecule has 0 aromatic rings. The van der Waals surface area contributed by atoms with Crippen LogP contribution < -0.4 is 0 Å². The molecule has 0 radical (unpaired) electrons. The Morgan fingerprint density at radius 3 is 2.57 bits per heavy atom. The van der Waals surface area contributed by atoms with Gasteiger partial charge in [0, 0.05) is 0 Å². The van der Waals surface area contributed by atoms with Crippen LogP contribution in [0.25, 0.3) is 0 Å². The first-order valence-corrected chi connectivity index (χ1v) is 2.15. The minimum atomic E-state index is 1.57. The van der Waals surface area contributed by atoms with Crippen molar-refractivity contribution in [3.63, 3.8) is 0 Å². The zero-order valence-corrected chi connectivity index (χ0v) is 4.44. The van der Waals surface area contributed by atoms with Crippen LogP contribution in [0.4, 0.5) is 0 Å². The van der Waals surface area contributed by atoms with Crippen molar-refractivity contribution in [1.29, 1.82) is 0 Å². The Balaban J connectivity index is 3.45. The molecule has 0 aliphatic carbocycles. The molecule has 0 unspecified atom stereocenters. The zero-order chi connectivity index (χ0) is 5.54. The van der Waals surface area contributed by atoms with Crippen LogP contribution in [0.1, 0.15) is 6.92 Å². The predicted molar refractivity (Wildman–Crippen MR) is 32.8 cm³/mol. The lowest BCUT2D eigenvalue weighted by Crippen LogP contribution is -1.44. The van der Waals surface area contributed by atoms with Gasteiger partial charge < -0.3 is 0 Å². The molecule has 0 aromatic heterocycles. The SMILES string of the molecule is C=CC#C/C=C/C. The predicted octanol–water partition coefficient (Wildman–Crippen LogP) is 1.75. The Kier molecular flexibility index (Phi) is 4.35. The molecule has 0 spiro atoms. The van der Waals surface area contributed by atoms with Gasteiger partial charge in [-0.25, -0.2) is 0 Å². The van der Waals surface area contributed by atoms with Crippen LogP contribution in [-0.2, 0) is 0 Å². The maximum Gasteiger partial charge on any atom is -0.0158 e. The number of hydrogen-bond donors (Lipinski definition) is 0. The van der Waals surface area contributed by atoms with E-state index < -0.39 is 0 Å². The Morgan fingerprint density at radius 2 is 2.14 bits per heavy atom. The van der Waals surface area contributed by atoms with Gasteiger partial charge in [0.25, 0.3) is 0 Å². The third-order valence-corrected chi connectivity index (χ3v) is 0.435. The molecule has 0 amide bonds. The summed E-state index contributed by atoms with van der Waals surface area (Å²) in [5, 5.41) is 0. The normalized spacial score (nSPS) is 7.57. The molecule has 0 aliphatic rings. The second kappa shape index (κ2) is 5.04. The van der Waals surface area contributed by atoms with Gasteiger partial charge in [-0.15, -0.1) is 0 Å². The number of rotatable bonds is 0. The largest absolute Gasteiger partial charge is 0.0906 e. The highest BCUT2D eigenvalue weighted by Gasteiger charge is 1.48. The van der Waals surface area contributed by atoms with Crippen molar-refractivity contribution < 1.29 is 0 Å². The van der Waals surface area contributed by atoms with Gasteiger partial charge in [-0.1, -0.05) is 24.5 Å². The van der Waals surface area contributed by atoms with Gasteiger partial charge in [0.15, 0.2) is 0 Å². The second-order valence-electron chi connectivity index (χ2n) is 0.993. The van der Waals surface area contributed by atoms with Gasteiger partial charge in [0.1, 0.15) is 0 Å². The van der Waals surface area contributed by atoms with E-state index in [9.17, 15) is 0 Å². The van der Waals surface area contributed by atoms with Crippen molar-refractivity contribution in [3.8, 4) is 11.8 Å². The van der Waals surface area contributed by atoms with E-state index in [-0.39, 0.29) is 0 Å². The lowest BCUT2D eigenvalue weighted by Gasteiger charge is -1.58. The van der Waals surface area contributed by atoms with Crippen molar-refractivity contribution in [1.82, 2.24) is 0 Å². The quantitative estimate of drug-likeness (QED) is 0.399. The molecule has 0 aromatic carbocycles. The maximum atomic E-state index is 3.42. The van der Waals surface area contributed by atoms with Gasteiger partial charge >= 0.3 is 0 Å². The summed E-state index contributed by atoms with van der Waals surface area (Å²) in [5.41, 5.74) is 0. The van der Waals surface area contributed by atoms with E-state index in [0.29, 0.717) is 0 Å². The molecule has 0 bridgehead atoms. The highest BCUT2D eigenvalue weighted by Crippen LogP contribution is 1.63. The average molecular weight is 92.1 g/mol. The zero-order valence-electron chi connectivity index (χ0n) is 4.44. The summed E-state index contributed by atoms with van der Waals surface area (Å²) in [6.07, 6.45) is 5.23. The smallest absolute Gasteiger partial charge is 0.0158 e. The summed E-state index contributed by atoms with van der Waals surface area (Å²) >= 11 is 0. The van der Waals surface area contributed by atoms with Crippen LogP contribution in [0.2, 0.25) is 0 Å². The fourth-order valence-electron chi connectivity index (χ4n) is 0.190. The van der Waals surface area contributed by atoms with Gasteiger partial charge in [0.2, 0.25) is 0 Å². The minimum Gasteiger partial charge on any atom is -0.0906 e. The molecule has 0 rings (SSSR count). The van der Waals surface area contributed by atoms with Gasteiger partial charge in [-0.05, 0) is 19.1 Å². The van der Waals surface area contributed by atoms with E-state index in [1.165, 1.54) is 0 Å². The van der Waals surface area contributed by atoms with Crippen molar-refractivity contribution in [2.24, 2.45) is 0 Å². The van der Waals surface area contributed by atoms with Crippen LogP contribution in [0.3, 0.4) is 0 Å². The number of allylic oxidation sites excluding steroid dienone is 3. The van der Waals surface area contributed by atoms with Crippen molar-refractivity contribution >= 4 is 0 Å². The molecule has 0 N–H and O–H groups in total. The summed E-state index contributed by atoms with van der Waals surface area (Å²) in [4.78, 5) is 0. The molecule has 0 atom stereocenters. The molecular weight excluding hydrogens is 84.1 g/mol. The van der Waals surface area contributed by atoms with Crippen molar-refractivity contribution in [2.75, 3.05) is 0 Å². The molecular formula is C7H8. The topological polar surface area (TPSA) is 0 Å². The first kappa shape index (κ1) is 6.04. The van der Waals surface area contributed by atoms with Crippen molar-refractivity contribution in [3.05, 3.63) is 24.8 Å². The van der Waals surface area contributed by atoms with E-state index >= 15 is 0 Å². The Labute approximate surface area is 44.5 Å². The summed E-state index contributed by atoms with van der Waals surface area (Å²) in [6, 6.07) is 0. The molecule has 0 aliphatic heterocycles. The highest BCUT2D eigenvalue weighted by molar-refractivity contribution is 5.21. The fraction of sp³-hybridized carbons (Fsp3) is 0.143. The summed E-state index contributed by atoms with van der Waals surface area (Å²) in [7, 11) is 0. The molecule has 0 fully saturated rings. The van der Waals surface area contributed by atoms with Gasteiger partial charge in [0.05, 0.1) is 0 Å². The lowest BCUT2D eigenvalue weighted by atomic mass is 10.5. The van der Waals surface area contributed by atoms with E-state index in [1.807, 2.05) is 13.0 Å². The van der Waals surface area contributed by atoms with Gasteiger partial charge in [-0.2, -0.15) is 0 Å². The summed E-state index contributed by atoms with van der Waals surface area (Å²) < 4.78 is 0. The molecule has 0 heteroatoms. The van der Waals surface area contributed by atoms with Crippen LogP contribution >= 0.6 is 0 Å². The maximum absolute atomic E-state index is 3.42. The second-order valence-corrected chi connectivity index (χ2v) is 0.993. The molecule has 0 heterocycles. The molecule has 0 saturated carbocycles. The first-order valence-electron chi connectivity index (χ1n) is 2.15. The molecule has 36 valence electrons. The lowest BCUT2D eigenvalue weighted by molar-refractivity contribution is 1.76. The van der Waals surface area contributed by atoms with Gasteiger partial charge in [-0.3, -0.25) is 0 Å². The minimum absolute atomic E-state index is 1.57. The summed E-state index contributed by atoms with van der Waals surface area (Å²) in [6.45, 7) is 5.35. The molecule has 0 nitrogen and oxygen atoms in total. The van der Waals surface area contributed by atoms with Crippen LogP contribution in [0.5, 0.6) is 0 Å². The van der Waals surface area contributed by atoms with E-state index in [1.54, 1.807) is 12.2 Å². The summed E-state index contributed by atoms with van der Waals surface area (Å²) in [5.74, 6) is 5.41. The van der Waals surface area contributed by atoms with E-state index in [2.05, 4.69) is 18.4 Å². The van der Waals surface area contributed by atoms with Crippen LogP contribution in [0.15, 0.2) is 24.8 Å². The fourth-order valence-corrected chi connectivity index (χ4v) is 0.190. The standard InChI is InChI=1S/C7H8/c1-3-5-7-6-4-2/h3-4,6H,1H2,2H3/b6-4+. The molecule has 7 heavy (non-hydrogen) atoms. The van der Waals surface area contributed by atoms with E-state index in [4.69, 9.17) is 0 Å².